The Hall–Kier alpha value is -2.10. The van der Waals surface area contributed by atoms with E-state index in [4.69, 9.17) is 0 Å². The fourth-order valence-electron chi connectivity index (χ4n) is 3.50. The summed E-state index contributed by atoms with van der Waals surface area (Å²) in [5, 5.41) is 4.22. The summed E-state index contributed by atoms with van der Waals surface area (Å²) in [5.41, 5.74) is 0.303. The lowest BCUT2D eigenvalue weighted by Crippen LogP contribution is -2.63. The Morgan fingerprint density at radius 1 is 1.20 bits per heavy atom. The lowest BCUT2D eigenvalue weighted by Gasteiger charge is -2.44. The number of aryl methyl sites for hydroxylation is 1. The monoisotopic (exact) mass is 369 g/mol. The van der Waals surface area contributed by atoms with Gasteiger partial charge in [0.15, 0.2) is 9.84 Å². The molecule has 0 aromatic carbocycles. The maximum Gasteiger partial charge on any atom is 0.319 e. The van der Waals surface area contributed by atoms with Crippen LogP contribution in [0.15, 0.2) is 12.3 Å². The van der Waals surface area contributed by atoms with Gasteiger partial charge in [-0.25, -0.2) is 13.2 Å². The van der Waals surface area contributed by atoms with Crippen molar-refractivity contribution in [3.63, 3.8) is 0 Å². The molecule has 2 fully saturated rings. The van der Waals surface area contributed by atoms with E-state index < -0.39 is 21.9 Å². The van der Waals surface area contributed by atoms with Crippen LogP contribution in [0.3, 0.4) is 0 Å². The maximum atomic E-state index is 12.8. The number of fused-ring (bicyclic) bond motifs is 1. The first-order chi connectivity index (χ1) is 11.7. The molecule has 2 aliphatic rings. The van der Waals surface area contributed by atoms with Gasteiger partial charge >= 0.3 is 6.03 Å². The van der Waals surface area contributed by atoms with E-state index in [1.165, 1.54) is 4.90 Å². The molecule has 2 aliphatic heterocycles. The molecule has 0 radical (unpaired) electrons. The summed E-state index contributed by atoms with van der Waals surface area (Å²) in [4.78, 5) is 29.8. The fraction of sp³-hybridized carbons (Fsp3) is 0.667. The smallest absolute Gasteiger partial charge is 0.319 e. The normalized spacial score (nSPS) is 24.9. The zero-order valence-corrected chi connectivity index (χ0v) is 15.4. The molecule has 3 rings (SSSR count). The first-order valence-electron chi connectivity index (χ1n) is 8.26. The van der Waals surface area contributed by atoms with Crippen molar-refractivity contribution in [2.45, 2.75) is 25.6 Å². The number of urea groups is 1. The van der Waals surface area contributed by atoms with Crippen molar-refractivity contribution < 1.29 is 18.0 Å². The van der Waals surface area contributed by atoms with E-state index in [2.05, 4.69) is 5.10 Å². The molecule has 0 saturated carbocycles. The number of hydrogen-bond acceptors (Lipinski definition) is 5. The van der Waals surface area contributed by atoms with Crippen molar-refractivity contribution in [2.75, 3.05) is 38.7 Å². The van der Waals surface area contributed by atoms with Gasteiger partial charge in [0.25, 0.3) is 5.91 Å². The quantitative estimate of drug-likeness (QED) is 0.701. The largest absolute Gasteiger partial charge is 0.331 e. The molecule has 0 N–H and O–H groups in total. The van der Waals surface area contributed by atoms with Crippen LogP contribution in [0, 0.1) is 0 Å². The second-order valence-electron chi connectivity index (χ2n) is 6.64. The standard InChI is InChI=1S/C15H23N5O4S/c1-4-18-6-5-11(16-18)14(21)19-7-8-20(15(22)17(2)3)13-10-25(23,24)9-12(13)19/h5-6,12-13H,4,7-10H2,1-3H3. The van der Waals surface area contributed by atoms with Crippen molar-refractivity contribution in [3.05, 3.63) is 18.0 Å². The molecule has 2 atom stereocenters. The highest BCUT2D eigenvalue weighted by atomic mass is 32.2. The summed E-state index contributed by atoms with van der Waals surface area (Å²) in [7, 11) is -0.0317. The lowest BCUT2D eigenvalue weighted by atomic mass is 10.0. The zero-order valence-electron chi connectivity index (χ0n) is 14.6. The van der Waals surface area contributed by atoms with Crippen molar-refractivity contribution in [1.82, 2.24) is 24.5 Å². The second kappa shape index (κ2) is 6.32. The molecule has 25 heavy (non-hydrogen) atoms. The summed E-state index contributed by atoms with van der Waals surface area (Å²) in [5.74, 6) is -0.504. The van der Waals surface area contributed by atoms with Crippen LogP contribution < -0.4 is 0 Å². The number of carbonyl (C=O) groups is 2. The Labute approximate surface area is 147 Å². The number of amides is 3. The molecule has 3 heterocycles. The second-order valence-corrected chi connectivity index (χ2v) is 8.79. The molecule has 1 aromatic rings. The number of hydrogen-bond donors (Lipinski definition) is 0. The third kappa shape index (κ3) is 3.22. The average molecular weight is 369 g/mol. The van der Waals surface area contributed by atoms with E-state index in [0.717, 1.165) is 0 Å². The van der Waals surface area contributed by atoms with Crippen LogP contribution in [-0.2, 0) is 16.4 Å². The summed E-state index contributed by atoms with van der Waals surface area (Å²) in [6.07, 6.45) is 1.72. The molecule has 3 amide bonds. The third-order valence-corrected chi connectivity index (χ3v) is 6.45. The molecule has 2 unspecified atom stereocenters. The number of sulfone groups is 1. The fourth-order valence-corrected chi connectivity index (χ4v) is 5.48. The van der Waals surface area contributed by atoms with Crippen LogP contribution in [0.1, 0.15) is 17.4 Å². The lowest BCUT2D eigenvalue weighted by molar-refractivity contribution is 0.0388. The number of rotatable bonds is 2. The van der Waals surface area contributed by atoms with E-state index in [1.807, 2.05) is 6.92 Å². The highest BCUT2D eigenvalue weighted by molar-refractivity contribution is 7.91. The van der Waals surface area contributed by atoms with E-state index >= 15 is 0 Å². The van der Waals surface area contributed by atoms with Gasteiger partial charge < -0.3 is 14.7 Å². The van der Waals surface area contributed by atoms with E-state index in [1.54, 1.807) is 40.8 Å². The SMILES string of the molecule is CCn1ccc(C(=O)N2CCN(C(=O)N(C)C)C3CS(=O)(=O)CC32)n1. The van der Waals surface area contributed by atoms with Crippen molar-refractivity contribution in [2.24, 2.45) is 0 Å². The molecule has 0 spiro atoms. The van der Waals surface area contributed by atoms with E-state index in [-0.39, 0.29) is 23.4 Å². The molecular weight excluding hydrogens is 346 g/mol. The van der Waals surface area contributed by atoms with Gasteiger partial charge in [-0.3, -0.25) is 9.48 Å². The van der Waals surface area contributed by atoms with Crippen LogP contribution in [0.4, 0.5) is 4.79 Å². The maximum absolute atomic E-state index is 12.8. The molecule has 10 heteroatoms. The topological polar surface area (TPSA) is 95.8 Å². The predicted octanol–water partition coefficient (Wildman–Crippen LogP) is -0.492. The number of aromatic nitrogens is 2. The van der Waals surface area contributed by atoms with Crippen LogP contribution in [-0.4, -0.2) is 95.6 Å². The Kier molecular flexibility index (Phi) is 4.48. The van der Waals surface area contributed by atoms with Gasteiger partial charge in [0.1, 0.15) is 5.69 Å². The van der Waals surface area contributed by atoms with Gasteiger partial charge in [-0.05, 0) is 13.0 Å². The average Bonchev–Trinajstić information content (AvgIpc) is 3.15. The van der Waals surface area contributed by atoms with Gasteiger partial charge in [0.05, 0.1) is 23.6 Å². The van der Waals surface area contributed by atoms with Crippen molar-refractivity contribution in [1.29, 1.82) is 0 Å². The summed E-state index contributed by atoms with van der Waals surface area (Å²) in [6.45, 7) is 3.19. The van der Waals surface area contributed by atoms with Gasteiger partial charge in [-0.1, -0.05) is 0 Å². The minimum Gasteiger partial charge on any atom is -0.331 e. The number of piperazine rings is 1. The molecule has 0 aliphatic carbocycles. The Balaban J connectivity index is 1.88. The van der Waals surface area contributed by atoms with Crippen LogP contribution in [0.5, 0.6) is 0 Å². The van der Waals surface area contributed by atoms with Gasteiger partial charge in [-0.15, -0.1) is 0 Å². The van der Waals surface area contributed by atoms with E-state index in [0.29, 0.717) is 25.3 Å². The summed E-state index contributed by atoms with van der Waals surface area (Å²) < 4.78 is 26.0. The van der Waals surface area contributed by atoms with Crippen molar-refractivity contribution in [3.8, 4) is 0 Å². The minimum absolute atomic E-state index is 0.107. The highest BCUT2D eigenvalue weighted by Crippen LogP contribution is 2.28. The number of nitrogens with zero attached hydrogens (tertiary/aromatic N) is 5. The van der Waals surface area contributed by atoms with E-state index in [9.17, 15) is 18.0 Å². The molecule has 9 nitrogen and oxygen atoms in total. The Morgan fingerprint density at radius 2 is 1.80 bits per heavy atom. The molecule has 138 valence electrons. The molecule has 1 aromatic heterocycles. The number of carbonyl (C=O) groups excluding carboxylic acids is 2. The Bertz CT molecular complexity index is 788. The first kappa shape index (κ1) is 17.7. The first-order valence-corrected chi connectivity index (χ1v) is 10.1. The third-order valence-electron chi connectivity index (χ3n) is 4.75. The van der Waals surface area contributed by atoms with Gasteiger partial charge in [-0.2, -0.15) is 5.10 Å². The summed E-state index contributed by atoms with van der Waals surface area (Å²) >= 11 is 0. The zero-order chi connectivity index (χ0) is 18.4. The predicted molar refractivity (Wildman–Crippen MR) is 91.0 cm³/mol. The minimum atomic E-state index is -3.30. The summed E-state index contributed by atoms with van der Waals surface area (Å²) in [6, 6.07) is 0.379. The van der Waals surface area contributed by atoms with Crippen molar-refractivity contribution >= 4 is 21.8 Å². The van der Waals surface area contributed by atoms with Gasteiger partial charge in [0.2, 0.25) is 0 Å². The highest BCUT2D eigenvalue weighted by Gasteiger charge is 2.50. The van der Waals surface area contributed by atoms with Crippen LogP contribution in [0.2, 0.25) is 0 Å². The Morgan fingerprint density at radius 3 is 2.36 bits per heavy atom. The molecule has 0 bridgehead atoms. The molecule has 2 saturated heterocycles. The van der Waals surface area contributed by atoms with Crippen LogP contribution in [0.25, 0.3) is 0 Å². The van der Waals surface area contributed by atoms with Gasteiger partial charge in [0, 0.05) is 39.9 Å². The van der Waals surface area contributed by atoms with Crippen LogP contribution >= 0.6 is 0 Å². The molecular formula is C15H23N5O4S.